The minimum atomic E-state index is 0.550. The summed E-state index contributed by atoms with van der Waals surface area (Å²) in [6, 6.07) is 2.71. The fourth-order valence-electron chi connectivity index (χ4n) is 2.76. The molecule has 3 nitrogen and oxygen atoms in total. The summed E-state index contributed by atoms with van der Waals surface area (Å²) in [5.74, 6) is 1.09. The van der Waals surface area contributed by atoms with Crippen molar-refractivity contribution in [3.63, 3.8) is 0 Å². The van der Waals surface area contributed by atoms with Crippen LogP contribution in [0, 0.1) is 0 Å². The Balaban J connectivity index is 2.32. The van der Waals surface area contributed by atoms with E-state index in [-0.39, 0.29) is 0 Å². The quantitative estimate of drug-likeness (QED) is 0.929. The Kier molecular flexibility index (Phi) is 5.01. The molecule has 1 aliphatic heterocycles. The number of aromatic nitrogens is 1. The monoisotopic (exact) mass is 311 g/mol. The van der Waals surface area contributed by atoms with E-state index in [0.717, 1.165) is 22.4 Å². The van der Waals surface area contributed by atoms with Gasteiger partial charge in [-0.25, -0.2) is 4.98 Å². The van der Waals surface area contributed by atoms with Gasteiger partial charge in [0.2, 0.25) is 0 Å². The van der Waals surface area contributed by atoms with Crippen molar-refractivity contribution in [3.05, 3.63) is 22.3 Å². The van der Waals surface area contributed by atoms with Crippen molar-refractivity contribution in [1.82, 2.24) is 4.98 Å². The Bertz CT molecular complexity index is 395. The lowest BCUT2D eigenvalue weighted by molar-refractivity contribution is 0.550. The van der Waals surface area contributed by atoms with Crippen LogP contribution < -0.4 is 10.6 Å². The van der Waals surface area contributed by atoms with Gasteiger partial charge in [-0.05, 0) is 41.3 Å². The second-order valence-electron chi connectivity index (χ2n) is 4.95. The maximum atomic E-state index is 5.86. The Morgan fingerprint density at radius 1 is 1.44 bits per heavy atom. The molecule has 4 heteroatoms. The highest BCUT2D eigenvalue weighted by atomic mass is 79.9. The number of hydrogen-bond donors (Lipinski definition) is 1. The maximum Gasteiger partial charge on any atom is 0.133 e. The number of pyridine rings is 1. The standard InChI is InChI=1S/C14H22BrN3/c1-2-13-6-4-3-5-7-18(13)14-11(9-16)8-12(15)10-17-14/h8,10,13H,2-7,9,16H2,1H3. The third-order valence-corrected chi connectivity index (χ3v) is 4.18. The lowest BCUT2D eigenvalue weighted by Gasteiger charge is -2.31. The summed E-state index contributed by atoms with van der Waals surface area (Å²) >= 11 is 3.47. The minimum absolute atomic E-state index is 0.550. The van der Waals surface area contributed by atoms with Crippen molar-refractivity contribution in [2.45, 2.75) is 51.6 Å². The van der Waals surface area contributed by atoms with E-state index in [1.165, 1.54) is 32.1 Å². The van der Waals surface area contributed by atoms with E-state index in [0.29, 0.717) is 12.6 Å². The lowest BCUT2D eigenvalue weighted by Crippen LogP contribution is -2.36. The molecule has 1 aromatic rings. The summed E-state index contributed by atoms with van der Waals surface area (Å²) < 4.78 is 1.01. The fraction of sp³-hybridized carbons (Fsp3) is 0.643. The van der Waals surface area contributed by atoms with Gasteiger partial charge >= 0.3 is 0 Å². The van der Waals surface area contributed by atoms with Gasteiger partial charge in [-0.1, -0.05) is 19.8 Å². The highest BCUT2D eigenvalue weighted by Crippen LogP contribution is 2.28. The summed E-state index contributed by atoms with van der Waals surface area (Å²) in [5.41, 5.74) is 7.01. The van der Waals surface area contributed by atoms with Gasteiger partial charge in [0.25, 0.3) is 0 Å². The van der Waals surface area contributed by atoms with Crippen LogP contribution in [0.5, 0.6) is 0 Å². The first-order valence-corrected chi connectivity index (χ1v) is 7.66. The first kappa shape index (κ1) is 13.8. The molecule has 0 radical (unpaired) electrons. The summed E-state index contributed by atoms with van der Waals surface area (Å²) in [4.78, 5) is 7.09. The normalized spacial score (nSPS) is 20.8. The largest absolute Gasteiger partial charge is 0.353 e. The second-order valence-corrected chi connectivity index (χ2v) is 5.86. The van der Waals surface area contributed by atoms with Crippen molar-refractivity contribution >= 4 is 21.7 Å². The molecule has 2 N–H and O–H groups in total. The van der Waals surface area contributed by atoms with Gasteiger partial charge in [-0.2, -0.15) is 0 Å². The molecular weight excluding hydrogens is 290 g/mol. The van der Waals surface area contributed by atoms with Crippen LogP contribution >= 0.6 is 15.9 Å². The zero-order valence-electron chi connectivity index (χ0n) is 11.0. The third kappa shape index (κ3) is 3.04. The van der Waals surface area contributed by atoms with Crippen LogP contribution in [-0.2, 0) is 6.54 Å². The molecule has 0 saturated carbocycles. The number of rotatable bonds is 3. The predicted molar refractivity (Wildman–Crippen MR) is 79.7 cm³/mol. The SMILES string of the molecule is CCC1CCCCCN1c1ncc(Br)cc1CN. The molecule has 2 heterocycles. The van der Waals surface area contributed by atoms with Crippen LogP contribution in [0.25, 0.3) is 0 Å². The van der Waals surface area contributed by atoms with Crippen LogP contribution in [-0.4, -0.2) is 17.6 Å². The number of halogens is 1. The number of nitrogens with zero attached hydrogens (tertiary/aromatic N) is 2. The van der Waals surface area contributed by atoms with Crippen LogP contribution in [0.2, 0.25) is 0 Å². The van der Waals surface area contributed by atoms with Crippen molar-refractivity contribution in [1.29, 1.82) is 0 Å². The highest BCUT2D eigenvalue weighted by molar-refractivity contribution is 9.10. The topological polar surface area (TPSA) is 42.2 Å². The molecule has 0 aliphatic carbocycles. The Labute approximate surface area is 118 Å². The highest BCUT2D eigenvalue weighted by Gasteiger charge is 2.22. The molecule has 0 bridgehead atoms. The molecule has 1 atom stereocenters. The number of hydrogen-bond acceptors (Lipinski definition) is 3. The molecule has 1 aliphatic rings. The number of anilines is 1. The van der Waals surface area contributed by atoms with Crippen LogP contribution in [0.4, 0.5) is 5.82 Å². The van der Waals surface area contributed by atoms with E-state index >= 15 is 0 Å². The van der Waals surface area contributed by atoms with Gasteiger partial charge < -0.3 is 10.6 Å². The molecular formula is C14H22BrN3. The Morgan fingerprint density at radius 3 is 3.00 bits per heavy atom. The maximum absolute atomic E-state index is 5.86. The third-order valence-electron chi connectivity index (χ3n) is 3.75. The Morgan fingerprint density at radius 2 is 2.28 bits per heavy atom. The van der Waals surface area contributed by atoms with E-state index in [1.54, 1.807) is 0 Å². The Hall–Kier alpha value is -0.610. The van der Waals surface area contributed by atoms with Crippen molar-refractivity contribution < 1.29 is 0 Å². The van der Waals surface area contributed by atoms with Gasteiger partial charge in [0.1, 0.15) is 5.82 Å². The lowest BCUT2D eigenvalue weighted by atomic mass is 10.1. The van der Waals surface area contributed by atoms with Gasteiger partial charge in [0.15, 0.2) is 0 Å². The van der Waals surface area contributed by atoms with Gasteiger partial charge in [0.05, 0.1) is 0 Å². The minimum Gasteiger partial charge on any atom is -0.353 e. The molecule has 2 rings (SSSR count). The van der Waals surface area contributed by atoms with Crippen LogP contribution in [0.15, 0.2) is 16.7 Å². The number of nitrogens with two attached hydrogens (primary N) is 1. The van der Waals surface area contributed by atoms with Crippen molar-refractivity contribution in [3.8, 4) is 0 Å². The molecule has 18 heavy (non-hydrogen) atoms. The average molecular weight is 312 g/mol. The zero-order valence-corrected chi connectivity index (χ0v) is 12.6. The van der Waals surface area contributed by atoms with Gasteiger partial charge in [-0.3, -0.25) is 0 Å². The summed E-state index contributed by atoms with van der Waals surface area (Å²) in [6.45, 7) is 3.93. The van der Waals surface area contributed by atoms with E-state index in [2.05, 4.69) is 38.8 Å². The van der Waals surface area contributed by atoms with Crippen molar-refractivity contribution in [2.24, 2.45) is 5.73 Å². The average Bonchev–Trinajstić information content (AvgIpc) is 2.63. The summed E-state index contributed by atoms with van der Waals surface area (Å²) in [7, 11) is 0. The summed E-state index contributed by atoms with van der Waals surface area (Å²) in [5, 5.41) is 0. The predicted octanol–water partition coefficient (Wildman–Crippen LogP) is 3.46. The van der Waals surface area contributed by atoms with Crippen LogP contribution in [0.1, 0.15) is 44.6 Å². The fourth-order valence-corrected chi connectivity index (χ4v) is 3.14. The van der Waals surface area contributed by atoms with Gasteiger partial charge in [0, 0.05) is 35.4 Å². The van der Waals surface area contributed by atoms with E-state index in [9.17, 15) is 0 Å². The molecule has 1 saturated heterocycles. The zero-order chi connectivity index (χ0) is 13.0. The van der Waals surface area contributed by atoms with Gasteiger partial charge in [-0.15, -0.1) is 0 Å². The molecule has 100 valence electrons. The molecule has 0 aromatic carbocycles. The van der Waals surface area contributed by atoms with E-state index < -0.39 is 0 Å². The first-order valence-electron chi connectivity index (χ1n) is 6.87. The van der Waals surface area contributed by atoms with E-state index in [1.807, 2.05) is 6.20 Å². The molecule has 0 spiro atoms. The molecule has 0 amide bonds. The van der Waals surface area contributed by atoms with Crippen molar-refractivity contribution in [2.75, 3.05) is 11.4 Å². The van der Waals surface area contributed by atoms with Crippen LogP contribution in [0.3, 0.4) is 0 Å². The van der Waals surface area contributed by atoms with E-state index in [4.69, 9.17) is 5.73 Å². The molecule has 1 aromatic heterocycles. The smallest absolute Gasteiger partial charge is 0.133 e. The first-order chi connectivity index (χ1) is 8.76. The molecule has 1 fully saturated rings. The molecule has 1 unspecified atom stereocenters. The second kappa shape index (κ2) is 6.53. The summed E-state index contributed by atoms with van der Waals surface area (Å²) in [6.07, 6.45) is 8.27.